The minimum atomic E-state index is -0.867. The van der Waals surface area contributed by atoms with Gasteiger partial charge in [0, 0.05) is 28.8 Å². The Balaban J connectivity index is 1.51. The van der Waals surface area contributed by atoms with E-state index < -0.39 is 28.8 Å². The van der Waals surface area contributed by atoms with Gasteiger partial charge >= 0.3 is 0 Å². The van der Waals surface area contributed by atoms with Crippen LogP contribution in [-0.4, -0.2) is 22.8 Å². The molecule has 0 aromatic heterocycles. The number of carbonyl (C=O) groups is 2. The Morgan fingerprint density at radius 2 is 1.58 bits per heavy atom. The van der Waals surface area contributed by atoms with Crippen LogP contribution in [-0.2, 0) is 4.79 Å². The second-order valence-corrected chi connectivity index (χ2v) is 7.12. The number of rotatable bonds is 5. The number of benzene rings is 3. The number of non-ortho nitro benzene ring substituents is 1. The van der Waals surface area contributed by atoms with E-state index in [9.17, 15) is 19.7 Å². The van der Waals surface area contributed by atoms with Crippen molar-refractivity contribution >= 4 is 17.5 Å². The molecule has 0 saturated carbocycles. The van der Waals surface area contributed by atoms with E-state index in [1.807, 2.05) is 48.5 Å². The van der Waals surface area contributed by atoms with Gasteiger partial charge in [0.25, 0.3) is 11.6 Å². The second kappa shape index (κ2) is 8.27. The molecule has 2 amide bonds. The van der Waals surface area contributed by atoms with Crippen molar-refractivity contribution in [2.75, 3.05) is 0 Å². The second-order valence-electron chi connectivity index (χ2n) is 7.12. The number of nitro groups is 1. The smallest absolute Gasteiger partial charge is 0.270 e. The Labute approximate surface area is 178 Å². The summed E-state index contributed by atoms with van der Waals surface area (Å²) in [5, 5.41) is 16.5. The zero-order chi connectivity index (χ0) is 22.0. The molecule has 0 spiro atoms. The fourth-order valence-corrected chi connectivity index (χ4v) is 3.44. The zero-order valence-electron chi connectivity index (χ0n) is 16.6. The van der Waals surface area contributed by atoms with E-state index in [4.69, 9.17) is 4.74 Å². The van der Waals surface area contributed by atoms with Crippen LogP contribution in [0.4, 0.5) is 5.69 Å². The van der Waals surface area contributed by atoms with Crippen molar-refractivity contribution < 1.29 is 19.2 Å². The summed E-state index contributed by atoms with van der Waals surface area (Å²) >= 11 is 0. The SMILES string of the molecule is CC(NC(=O)c1cccc([N+](=O)[O-])c1)C(=O)NC1c2ccccc2Oc2ccccc21. The molecule has 0 saturated heterocycles. The lowest BCUT2D eigenvalue weighted by Crippen LogP contribution is -2.46. The van der Waals surface area contributed by atoms with Crippen molar-refractivity contribution in [1.29, 1.82) is 0 Å². The van der Waals surface area contributed by atoms with Crippen molar-refractivity contribution in [3.05, 3.63) is 99.6 Å². The summed E-state index contributed by atoms with van der Waals surface area (Å²) in [6.45, 7) is 1.56. The summed E-state index contributed by atoms with van der Waals surface area (Å²) in [4.78, 5) is 35.7. The number of amides is 2. The highest BCUT2D eigenvalue weighted by Gasteiger charge is 2.29. The largest absolute Gasteiger partial charge is 0.457 e. The molecule has 8 heteroatoms. The molecule has 0 fully saturated rings. The van der Waals surface area contributed by atoms with Gasteiger partial charge in [0.05, 0.1) is 11.0 Å². The lowest BCUT2D eigenvalue weighted by atomic mass is 9.94. The van der Waals surface area contributed by atoms with Gasteiger partial charge in [-0.05, 0) is 25.1 Å². The molecule has 3 aromatic carbocycles. The fraction of sp³-hybridized carbons (Fsp3) is 0.130. The van der Waals surface area contributed by atoms with Crippen LogP contribution in [0.1, 0.15) is 34.5 Å². The first-order valence-electron chi connectivity index (χ1n) is 9.65. The molecule has 4 rings (SSSR count). The first-order chi connectivity index (χ1) is 14.9. The van der Waals surface area contributed by atoms with Crippen LogP contribution in [0.2, 0.25) is 0 Å². The number of nitrogens with zero attached hydrogens (tertiary/aromatic N) is 1. The first-order valence-corrected chi connectivity index (χ1v) is 9.65. The molecule has 0 radical (unpaired) electrons. The zero-order valence-corrected chi connectivity index (χ0v) is 16.6. The number of hydrogen-bond acceptors (Lipinski definition) is 5. The van der Waals surface area contributed by atoms with Gasteiger partial charge in [0.2, 0.25) is 5.91 Å². The average molecular weight is 417 g/mol. The van der Waals surface area contributed by atoms with Crippen molar-refractivity contribution in [2.45, 2.75) is 19.0 Å². The molecule has 156 valence electrons. The van der Waals surface area contributed by atoms with Gasteiger partial charge in [-0.2, -0.15) is 0 Å². The monoisotopic (exact) mass is 417 g/mol. The highest BCUT2D eigenvalue weighted by atomic mass is 16.6. The Morgan fingerprint density at radius 3 is 2.19 bits per heavy atom. The van der Waals surface area contributed by atoms with Gasteiger partial charge in [0.1, 0.15) is 17.5 Å². The van der Waals surface area contributed by atoms with Crippen LogP contribution in [0.25, 0.3) is 0 Å². The predicted molar refractivity (Wildman–Crippen MR) is 113 cm³/mol. The number of para-hydroxylation sites is 2. The van der Waals surface area contributed by atoms with Crippen LogP contribution in [0, 0.1) is 10.1 Å². The molecule has 1 atom stereocenters. The van der Waals surface area contributed by atoms with Crippen LogP contribution in [0.5, 0.6) is 11.5 Å². The third kappa shape index (κ3) is 4.09. The van der Waals surface area contributed by atoms with E-state index in [-0.39, 0.29) is 11.3 Å². The lowest BCUT2D eigenvalue weighted by Gasteiger charge is -2.29. The minimum Gasteiger partial charge on any atom is -0.457 e. The Kier molecular flexibility index (Phi) is 5.36. The molecule has 1 heterocycles. The maximum absolute atomic E-state index is 12.9. The van der Waals surface area contributed by atoms with Crippen LogP contribution >= 0.6 is 0 Å². The number of nitro benzene ring substituents is 1. The number of hydrogen-bond donors (Lipinski definition) is 2. The molecule has 1 unspecified atom stereocenters. The van der Waals surface area contributed by atoms with E-state index in [0.717, 1.165) is 11.1 Å². The standard InChI is InChI=1S/C23H19N3O5/c1-14(24-23(28)15-7-6-8-16(13-15)26(29)30)22(27)25-21-17-9-2-4-11-19(17)31-20-12-5-3-10-18(20)21/h2-14,21H,1H3,(H,24,28)(H,25,27). The van der Waals surface area contributed by atoms with Gasteiger partial charge < -0.3 is 15.4 Å². The van der Waals surface area contributed by atoms with Gasteiger partial charge in [-0.3, -0.25) is 19.7 Å². The van der Waals surface area contributed by atoms with Crippen molar-refractivity contribution in [3.8, 4) is 11.5 Å². The summed E-state index contributed by atoms with van der Waals surface area (Å²) in [6.07, 6.45) is 0. The Hall–Kier alpha value is -4.20. The van der Waals surface area contributed by atoms with E-state index in [1.165, 1.54) is 24.3 Å². The molecule has 0 aliphatic carbocycles. The maximum atomic E-state index is 12.9. The average Bonchev–Trinajstić information content (AvgIpc) is 2.78. The lowest BCUT2D eigenvalue weighted by molar-refractivity contribution is -0.384. The molecule has 0 bridgehead atoms. The van der Waals surface area contributed by atoms with Gasteiger partial charge in [-0.1, -0.05) is 42.5 Å². The van der Waals surface area contributed by atoms with E-state index in [2.05, 4.69) is 10.6 Å². The highest BCUT2D eigenvalue weighted by Crippen LogP contribution is 2.42. The quantitative estimate of drug-likeness (QED) is 0.486. The summed E-state index contributed by atoms with van der Waals surface area (Å²) in [5.41, 5.74) is 1.54. The van der Waals surface area contributed by atoms with E-state index >= 15 is 0 Å². The van der Waals surface area contributed by atoms with Gasteiger partial charge in [-0.15, -0.1) is 0 Å². The molecule has 1 aliphatic heterocycles. The molecular formula is C23H19N3O5. The van der Waals surface area contributed by atoms with E-state index in [1.54, 1.807) is 6.92 Å². The minimum absolute atomic E-state index is 0.107. The number of nitrogens with one attached hydrogen (secondary N) is 2. The number of ether oxygens (including phenoxy) is 1. The fourth-order valence-electron chi connectivity index (χ4n) is 3.44. The Morgan fingerprint density at radius 1 is 0.968 bits per heavy atom. The van der Waals surface area contributed by atoms with Crippen molar-refractivity contribution in [2.24, 2.45) is 0 Å². The third-order valence-corrected chi connectivity index (χ3v) is 5.03. The van der Waals surface area contributed by atoms with Crippen LogP contribution < -0.4 is 15.4 Å². The molecular weight excluding hydrogens is 398 g/mol. The van der Waals surface area contributed by atoms with Gasteiger partial charge in [-0.25, -0.2) is 0 Å². The normalized spacial score (nSPS) is 13.2. The summed E-state index contributed by atoms with van der Waals surface area (Å²) in [6, 6.07) is 18.9. The highest BCUT2D eigenvalue weighted by molar-refractivity contribution is 5.98. The summed E-state index contributed by atoms with van der Waals surface area (Å²) in [5.74, 6) is 0.342. The van der Waals surface area contributed by atoms with Gasteiger partial charge in [0.15, 0.2) is 0 Å². The van der Waals surface area contributed by atoms with E-state index in [0.29, 0.717) is 11.5 Å². The topological polar surface area (TPSA) is 111 Å². The molecule has 1 aliphatic rings. The summed E-state index contributed by atoms with van der Waals surface area (Å²) in [7, 11) is 0. The van der Waals surface area contributed by atoms with Crippen LogP contribution in [0.15, 0.2) is 72.8 Å². The predicted octanol–water partition coefficient (Wildman–Crippen LogP) is 3.72. The van der Waals surface area contributed by atoms with Crippen LogP contribution in [0.3, 0.4) is 0 Å². The molecule has 2 N–H and O–H groups in total. The van der Waals surface area contributed by atoms with Crippen molar-refractivity contribution in [1.82, 2.24) is 10.6 Å². The Bertz CT molecular complexity index is 1130. The molecule has 8 nitrogen and oxygen atoms in total. The maximum Gasteiger partial charge on any atom is 0.270 e. The number of fused-ring (bicyclic) bond motifs is 2. The third-order valence-electron chi connectivity index (χ3n) is 5.03. The summed E-state index contributed by atoms with van der Waals surface area (Å²) < 4.78 is 5.93. The number of carbonyl (C=O) groups excluding carboxylic acids is 2. The molecule has 3 aromatic rings. The first kappa shape index (κ1) is 20.1. The van der Waals surface area contributed by atoms with Crippen molar-refractivity contribution in [3.63, 3.8) is 0 Å². The molecule has 31 heavy (non-hydrogen) atoms.